The molecule has 2 rings (SSSR count). The number of fused-ring (bicyclic) bond motifs is 1. The van der Waals surface area contributed by atoms with Crippen molar-refractivity contribution in [2.75, 3.05) is 7.11 Å². The monoisotopic (exact) mass is 429 g/mol. The van der Waals surface area contributed by atoms with Crippen LogP contribution >= 0.6 is 7.92 Å². The molecule has 0 saturated carbocycles. The van der Waals surface area contributed by atoms with Gasteiger partial charge in [0, 0.05) is 17.5 Å². The van der Waals surface area contributed by atoms with E-state index in [2.05, 4.69) is 87.4 Å². The van der Waals surface area contributed by atoms with Gasteiger partial charge in [-0.25, -0.2) is 0 Å². The van der Waals surface area contributed by atoms with E-state index in [9.17, 15) is 4.79 Å². The van der Waals surface area contributed by atoms with Crippen LogP contribution < -0.4 is 10.0 Å². The summed E-state index contributed by atoms with van der Waals surface area (Å²) in [4.78, 5) is 16.2. The highest BCUT2D eigenvalue weighted by molar-refractivity contribution is 7.68. The van der Waals surface area contributed by atoms with Crippen molar-refractivity contribution < 1.29 is 9.53 Å². The van der Waals surface area contributed by atoms with Gasteiger partial charge in [-0.2, -0.15) is 0 Å². The maximum absolute atomic E-state index is 14.2. The molecule has 0 unspecified atom stereocenters. The zero-order valence-electron chi connectivity index (χ0n) is 20.8. The Morgan fingerprint density at radius 2 is 1.43 bits per heavy atom. The summed E-state index contributed by atoms with van der Waals surface area (Å²) >= 11 is 0. The predicted octanol–water partition coefficient (Wildman–Crippen LogP) is 6.81. The van der Waals surface area contributed by atoms with Crippen molar-refractivity contribution in [3.63, 3.8) is 0 Å². The Labute approximate surface area is 184 Å². The standard InChI is InChI=1S/C26H40NO2P/c1-17(2)27(18(3)4)24(28)23-21(30(25(5,6)7)26(8,9)10)16-15-19-13-12-14-20(29-11)22(19)23/h12-18H,1-11H3. The van der Waals surface area contributed by atoms with Gasteiger partial charge in [0.2, 0.25) is 0 Å². The van der Waals surface area contributed by atoms with E-state index >= 15 is 0 Å². The molecule has 0 saturated heterocycles. The lowest BCUT2D eigenvalue weighted by molar-refractivity contribution is 0.0647. The summed E-state index contributed by atoms with van der Waals surface area (Å²) in [5.74, 6) is 0.869. The summed E-state index contributed by atoms with van der Waals surface area (Å²) in [6, 6.07) is 10.6. The van der Waals surface area contributed by atoms with Crippen LogP contribution in [-0.2, 0) is 0 Å². The second-order valence-corrected chi connectivity index (χ2v) is 14.4. The van der Waals surface area contributed by atoms with Crippen molar-refractivity contribution in [2.45, 2.75) is 91.6 Å². The van der Waals surface area contributed by atoms with Gasteiger partial charge in [0.1, 0.15) is 5.75 Å². The molecular weight excluding hydrogens is 389 g/mol. The van der Waals surface area contributed by atoms with E-state index in [4.69, 9.17) is 4.74 Å². The Morgan fingerprint density at radius 3 is 1.87 bits per heavy atom. The van der Waals surface area contributed by atoms with Crippen LogP contribution in [0.4, 0.5) is 0 Å². The van der Waals surface area contributed by atoms with Gasteiger partial charge in [0.25, 0.3) is 5.91 Å². The number of rotatable bonds is 5. The van der Waals surface area contributed by atoms with E-state index in [0.717, 1.165) is 22.1 Å². The van der Waals surface area contributed by atoms with Crippen LogP contribution in [0, 0.1) is 0 Å². The quantitative estimate of drug-likeness (QED) is 0.489. The molecule has 0 spiro atoms. The van der Waals surface area contributed by atoms with Crippen molar-refractivity contribution in [1.29, 1.82) is 0 Å². The number of nitrogens with zero attached hydrogens (tertiary/aromatic N) is 1. The molecule has 0 aromatic heterocycles. The molecule has 0 radical (unpaired) electrons. The first-order valence-electron chi connectivity index (χ1n) is 10.9. The van der Waals surface area contributed by atoms with Crippen molar-refractivity contribution in [3.8, 4) is 5.75 Å². The number of methoxy groups -OCH3 is 1. The van der Waals surface area contributed by atoms with E-state index in [1.807, 2.05) is 17.0 Å². The molecule has 0 aliphatic heterocycles. The molecule has 166 valence electrons. The lowest BCUT2D eigenvalue weighted by atomic mass is 10.0. The summed E-state index contributed by atoms with van der Waals surface area (Å²) < 4.78 is 5.76. The third kappa shape index (κ3) is 4.83. The maximum atomic E-state index is 14.2. The number of hydrogen-bond donors (Lipinski definition) is 0. The molecule has 1 amide bonds. The molecule has 0 fully saturated rings. The van der Waals surface area contributed by atoms with Gasteiger partial charge in [-0.05, 0) is 54.8 Å². The Morgan fingerprint density at radius 1 is 0.900 bits per heavy atom. The van der Waals surface area contributed by atoms with E-state index in [0.29, 0.717) is 0 Å². The van der Waals surface area contributed by atoms with Gasteiger partial charge in [0.15, 0.2) is 0 Å². The van der Waals surface area contributed by atoms with Crippen LogP contribution in [0.3, 0.4) is 0 Å². The van der Waals surface area contributed by atoms with Gasteiger partial charge in [0.05, 0.1) is 12.7 Å². The van der Waals surface area contributed by atoms with Crippen LogP contribution in [-0.4, -0.2) is 40.3 Å². The van der Waals surface area contributed by atoms with Gasteiger partial charge >= 0.3 is 0 Å². The fourth-order valence-corrected chi connectivity index (χ4v) is 8.94. The molecule has 0 aliphatic carbocycles. The third-order valence-corrected chi connectivity index (χ3v) is 8.89. The Balaban J connectivity index is 3.01. The average Bonchev–Trinajstić information content (AvgIpc) is 2.57. The number of ether oxygens (including phenoxy) is 1. The molecule has 0 aliphatic rings. The first-order chi connectivity index (χ1) is 13.7. The normalized spacial score (nSPS) is 12.9. The van der Waals surface area contributed by atoms with Gasteiger partial charge < -0.3 is 9.64 Å². The lowest BCUT2D eigenvalue weighted by Crippen LogP contribution is -2.44. The minimum atomic E-state index is -0.648. The number of carbonyl (C=O) groups is 1. The summed E-state index contributed by atoms with van der Waals surface area (Å²) in [5, 5.41) is 3.28. The molecule has 0 bridgehead atoms. The highest BCUT2D eigenvalue weighted by atomic mass is 31.1. The van der Waals surface area contributed by atoms with E-state index < -0.39 is 7.92 Å². The van der Waals surface area contributed by atoms with Crippen LogP contribution in [0.1, 0.15) is 79.6 Å². The minimum Gasteiger partial charge on any atom is -0.496 e. The third-order valence-electron chi connectivity index (χ3n) is 5.35. The molecule has 3 nitrogen and oxygen atoms in total. The van der Waals surface area contributed by atoms with Gasteiger partial charge in [-0.15, -0.1) is 0 Å². The minimum absolute atomic E-state index is 0.0544. The summed E-state index contributed by atoms with van der Waals surface area (Å²) in [6.07, 6.45) is 0. The Bertz CT molecular complexity index is 882. The molecular formula is C26H40NO2P. The Hall–Kier alpha value is -1.60. The molecule has 30 heavy (non-hydrogen) atoms. The molecule has 0 atom stereocenters. The van der Waals surface area contributed by atoms with E-state index in [1.165, 1.54) is 5.30 Å². The molecule has 2 aromatic carbocycles. The Kier molecular flexibility index (Phi) is 7.29. The summed E-state index contributed by atoms with van der Waals surface area (Å²) in [5.41, 5.74) is 0.823. The second kappa shape index (κ2) is 8.87. The summed E-state index contributed by atoms with van der Waals surface area (Å²) in [7, 11) is 1.04. The fourth-order valence-electron chi connectivity index (χ4n) is 4.83. The first-order valence-corrected chi connectivity index (χ1v) is 12.3. The van der Waals surface area contributed by atoms with Crippen molar-refractivity contribution in [1.82, 2.24) is 4.90 Å². The van der Waals surface area contributed by atoms with E-state index in [1.54, 1.807) is 7.11 Å². The van der Waals surface area contributed by atoms with Crippen LogP contribution in [0.15, 0.2) is 30.3 Å². The molecule has 4 heteroatoms. The number of carbonyl (C=O) groups excluding carboxylic acids is 1. The first kappa shape index (κ1) is 24.7. The topological polar surface area (TPSA) is 29.5 Å². The lowest BCUT2D eigenvalue weighted by Gasteiger charge is -2.43. The van der Waals surface area contributed by atoms with Crippen molar-refractivity contribution in [2.24, 2.45) is 0 Å². The van der Waals surface area contributed by atoms with Crippen LogP contribution in [0.2, 0.25) is 0 Å². The van der Waals surface area contributed by atoms with Crippen molar-refractivity contribution in [3.05, 3.63) is 35.9 Å². The average molecular weight is 430 g/mol. The van der Waals surface area contributed by atoms with Gasteiger partial charge in [-0.3, -0.25) is 4.79 Å². The predicted molar refractivity (Wildman–Crippen MR) is 133 cm³/mol. The van der Waals surface area contributed by atoms with Gasteiger partial charge in [-0.1, -0.05) is 73.7 Å². The zero-order chi connectivity index (χ0) is 23.0. The second-order valence-electron chi connectivity index (χ2n) is 10.6. The fraction of sp³-hybridized carbons (Fsp3) is 0.577. The molecule has 0 N–H and O–H groups in total. The number of hydrogen-bond acceptors (Lipinski definition) is 2. The van der Waals surface area contributed by atoms with Crippen molar-refractivity contribution >= 4 is 29.9 Å². The smallest absolute Gasteiger partial charge is 0.255 e. The number of benzene rings is 2. The number of amides is 1. The van der Waals surface area contributed by atoms with E-state index in [-0.39, 0.29) is 28.3 Å². The highest BCUT2D eigenvalue weighted by Gasteiger charge is 2.39. The van der Waals surface area contributed by atoms with Crippen LogP contribution in [0.5, 0.6) is 5.75 Å². The highest BCUT2D eigenvalue weighted by Crippen LogP contribution is 2.59. The summed E-state index contributed by atoms with van der Waals surface area (Å²) in [6.45, 7) is 22.2. The van der Waals surface area contributed by atoms with Crippen LogP contribution in [0.25, 0.3) is 10.8 Å². The zero-order valence-corrected chi connectivity index (χ0v) is 21.6. The molecule has 2 aromatic rings. The SMILES string of the molecule is COc1cccc2ccc(P(C(C)(C)C)C(C)(C)C)c(C(=O)N(C(C)C)C(C)C)c12. The molecule has 0 heterocycles. The largest absolute Gasteiger partial charge is 0.496 e. The maximum Gasteiger partial charge on any atom is 0.255 e.